The van der Waals surface area contributed by atoms with Gasteiger partial charge in [0.05, 0.1) is 11.6 Å². The van der Waals surface area contributed by atoms with E-state index in [-0.39, 0.29) is 5.91 Å². The zero-order valence-electron chi connectivity index (χ0n) is 14.7. The molecule has 26 heavy (non-hydrogen) atoms. The Balaban J connectivity index is 1.83. The average Bonchev–Trinajstić information content (AvgIpc) is 2.95. The van der Waals surface area contributed by atoms with Crippen molar-refractivity contribution in [2.24, 2.45) is 0 Å². The molecule has 0 atom stereocenters. The molecule has 1 amide bonds. The van der Waals surface area contributed by atoms with Gasteiger partial charge in [-0.1, -0.05) is 39.7 Å². The predicted octanol–water partition coefficient (Wildman–Crippen LogP) is 4.42. The molecule has 0 saturated carbocycles. The number of hydrogen-bond acceptors (Lipinski definition) is 3. The summed E-state index contributed by atoms with van der Waals surface area (Å²) in [5.74, 6) is 1.38. The van der Waals surface area contributed by atoms with E-state index in [9.17, 15) is 4.79 Å². The van der Waals surface area contributed by atoms with Crippen LogP contribution in [0.3, 0.4) is 0 Å². The van der Waals surface area contributed by atoms with E-state index < -0.39 is 0 Å². The molecule has 5 nitrogen and oxygen atoms in total. The van der Waals surface area contributed by atoms with Gasteiger partial charge in [-0.15, -0.1) is 0 Å². The molecular weight excluding hydrogens is 416 g/mol. The van der Waals surface area contributed by atoms with Crippen LogP contribution in [0.5, 0.6) is 0 Å². The van der Waals surface area contributed by atoms with Crippen LogP contribution in [0.2, 0.25) is 5.02 Å². The largest absolute Gasteiger partial charge is 0.345 e. The maximum Gasteiger partial charge on any atom is 0.253 e. The minimum atomic E-state index is -0.0133. The molecule has 0 saturated heterocycles. The molecule has 3 aromatic rings. The van der Waals surface area contributed by atoms with E-state index in [0.717, 1.165) is 21.4 Å². The summed E-state index contributed by atoms with van der Waals surface area (Å²) < 4.78 is 2.74. The Labute approximate surface area is 165 Å². The number of nitrogens with zero attached hydrogens (tertiary/aromatic N) is 4. The monoisotopic (exact) mass is 432 g/mol. The number of aryl methyl sites for hydroxylation is 1. The van der Waals surface area contributed by atoms with E-state index in [4.69, 9.17) is 11.6 Å². The number of amides is 1. The molecular formula is C19H18BrClN4O. The van der Waals surface area contributed by atoms with Crippen LogP contribution in [-0.2, 0) is 6.54 Å². The topological polar surface area (TPSA) is 51.0 Å². The van der Waals surface area contributed by atoms with Gasteiger partial charge in [0.15, 0.2) is 5.82 Å². The van der Waals surface area contributed by atoms with Gasteiger partial charge in [-0.2, -0.15) is 5.10 Å². The molecule has 0 fully saturated rings. The Kier molecular flexibility index (Phi) is 5.44. The molecule has 0 N–H and O–H groups in total. The maximum absolute atomic E-state index is 12.0. The third kappa shape index (κ3) is 3.97. The van der Waals surface area contributed by atoms with E-state index in [1.807, 2.05) is 54.1 Å². The van der Waals surface area contributed by atoms with Crippen LogP contribution in [0.15, 0.2) is 46.9 Å². The van der Waals surface area contributed by atoms with Crippen molar-refractivity contribution in [2.45, 2.75) is 13.5 Å². The molecule has 0 spiro atoms. The summed E-state index contributed by atoms with van der Waals surface area (Å²) in [5, 5.41) is 5.18. The van der Waals surface area contributed by atoms with Crippen molar-refractivity contribution in [3.63, 3.8) is 0 Å². The fraction of sp³-hybridized carbons (Fsp3) is 0.211. The second kappa shape index (κ2) is 7.60. The lowest BCUT2D eigenvalue weighted by atomic mass is 10.1. The molecule has 2 aromatic carbocycles. The summed E-state index contributed by atoms with van der Waals surface area (Å²) in [6.45, 7) is 2.48. The highest BCUT2D eigenvalue weighted by Gasteiger charge is 2.13. The first-order valence-electron chi connectivity index (χ1n) is 8.02. The lowest BCUT2D eigenvalue weighted by molar-refractivity contribution is 0.0827. The summed E-state index contributed by atoms with van der Waals surface area (Å²) in [5.41, 5.74) is 2.50. The minimum Gasteiger partial charge on any atom is -0.345 e. The van der Waals surface area contributed by atoms with Gasteiger partial charge in [0.2, 0.25) is 0 Å². The smallest absolute Gasteiger partial charge is 0.253 e. The zero-order valence-corrected chi connectivity index (χ0v) is 17.0. The lowest BCUT2D eigenvalue weighted by Crippen LogP contribution is -2.21. The van der Waals surface area contributed by atoms with Gasteiger partial charge < -0.3 is 4.90 Å². The zero-order chi connectivity index (χ0) is 18.8. The average molecular weight is 434 g/mol. The van der Waals surface area contributed by atoms with Crippen LogP contribution in [0.4, 0.5) is 0 Å². The van der Waals surface area contributed by atoms with Crippen LogP contribution in [0.25, 0.3) is 11.4 Å². The van der Waals surface area contributed by atoms with E-state index in [1.165, 1.54) is 0 Å². The highest BCUT2D eigenvalue weighted by atomic mass is 79.9. The molecule has 0 bridgehead atoms. The van der Waals surface area contributed by atoms with E-state index in [1.54, 1.807) is 19.0 Å². The maximum atomic E-state index is 12.0. The Morgan fingerprint density at radius 1 is 1.19 bits per heavy atom. The number of carbonyl (C=O) groups excluding carboxylic acids is 1. The molecule has 1 aromatic heterocycles. The normalized spacial score (nSPS) is 10.8. The van der Waals surface area contributed by atoms with Crippen LogP contribution in [0, 0.1) is 6.92 Å². The van der Waals surface area contributed by atoms with Gasteiger partial charge in [0, 0.05) is 29.7 Å². The van der Waals surface area contributed by atoms with Crippen LogP contribution in [0.1, 0.15) is 21.7 Å². The minimum absolute atomic E-state index is 0.0133. The SMILES string of the molecule is Cc1nc(-c2ccc(Br)cc2Cl)nn1Cc1ccc(C(=O)N(C)C)cc1. The van der Waals surface area contributed by atoms with Crippen molar-refractivity contribution >= 4 is 33.4 Å². The van der Waals surface area contributed by atoms with Crippen molar-refractivity contribution in [1.29, 1.82) is 0 Å². The van der Waals surface area contributed by atoms with E-state index in [0.29, 0.717) is 23.0 Å². The standard InChI is InChI=1S/C19H18BrClN4O/c1-12-22-18(16-9-8-15(20)10-17(16)21)23-25(12)11-13-4-6-14(7-5-13)19(26)24(2)3/h4-10H,11H2,1-3H3. The Bertz CT molecular complexity index is 951. The molecule has 0 aliphatic rings. The van der Waals surface area contributed by atoms with Gasteiger partial charge in [-0.05, 0) is 42.8 Å². The number of aromatic nitrogens is 3. The van der Waals surface area contributed by atoms with Crippen LogP contribution >= 0.6 is 27.5 Å². The second-order valence-electron chi connectivity index (χ2n) is 6.16. The van der Waals surface area contributed by atoms with Gasteiger partial charge in [0.1, 0.15) is 5.82 Å². The first kappa shape index (κ1) is 18.6. The van der Waals surface area contributed by atoms with Gasteiger partial charge >= 0.3 is 0 Å². The summed E-state index contributed by atoms with van der Waals surface area (Å²) in [7, 11) is 3.48. The number of carbonyl (C=O) groups is 1. The second-order valence-corrected chi connectivity index (χ2v) is 7.48. The van der Waals surface area contributed by atoms with Crippen molar-refractivity contribution in [3.05, 3.63) is 68.9 Å². The summed E-state index contributed by atoms with van der Waals surface area (Å²) in [4.78, 5) is 18.1. The number of hydrogen-bond donors (Lipinski definition) is 0. The third-order valence-electron chi connectivity index (χ3n) is 3.97. The molecule has 0 aliphatic heterocycles. The quantitative estimate of drug-likeness (QED) is 0.612. The van der Waals surface area contributed by atoms with Gasteiger partial charge in [-0.25, -0.2) is 9.67 Å². The highest BCUT2D eigenvalue weighted by molar-refractivity contribution is 9.10. The van der Waals surface area contributed by atoms with Crippen molar-refractivity contribution in [3.8, 4) is 11.4 Å². The van der Waals surface area contributed by atoms with E-state index >= 15 is 0 Å². The summed E-state index contributed by atoms with van der Waals surface area (Å²) >= 11 is 9.70. The predicted molar refractivity (Wildman–Crippen MR) is 106 cm³/mol. The Hall–Kier alpha value is -2.18. The first-order valence-corrected chi connectivity index (χ1v) is 9.19. The fourth-order valence-corrected chi connectivity index (χ4v) is 3.30. The molecule has 7 heteroatoms. The molecule has 3 rings (SSSR count). The number of benzene rings is 2. The third-order valence-corrected chi connectivity index (χ3v) is 4.77. The molecule has 0 radical (unpaired) electrons. The first-order chi connectivity index (χ1) is 12.3. The van der Waals surface area contributed by atoms with E-state index in [2.05, 4.69) is 26.0 Å². The molecule has 1 heterocycles. The van der Waals surface area contributed by atoms with Crippen LogP contribution in [-0.4, -0.2) is 39.7 Å². The molecule has 0 aliphatic carbocycles. The lowest BCUT2D eigenvalue weighted by Gasteiger charge is -2.10. The van der Waals surface area contributed by atoms with Crippen LogP contribution < -0.4 is 0 Å². The molecule has 134 valence electrons. The highest BCUT2D eigenvalue weighted by Crippen LogP contribution is 2.28. The van der Waals surface area contributed by atoms with Gasteiger partial charge in [-0.3, -0.25) is 4.79 Å². The fourth-order valence-electron chi connectivity index (χ4n) is 2.54. The van der Waals surface area contributed by atoms with Crippen molar-refractivity contribution in [1.82, 2.24) is 19.7 Å². The number of rotatable bonds is 4. The Morgan fingerprint density at radius 3 is 2.50 bits per heavy atom. The number of halogens is 2. The van der Waals surface area contributed by atoms with Crippen molar-refractivity contribution < 1.29 is 4.79 Å². The molecule has 0 unspecified atom stereocenters. The van der Waals surface area contributed by atoms with Gasteiger partial charge in [0.25, 0.3) is 5.91 Å². The Morgan fingerprint density at radius 2 is 1.88 bits per heavy atom. The van der Waals surface area contributed by atoms with Crippen molar-refractivity contribution in [2.75, 3.05) is 14.1 Å². The summed E-state index contributed by atoms with van der Waals surface area (Å²) in [6, 6.07) is 13.2. The summed E-state index contributed by atoms with van der Waals surface area (Å²) in [6.07, 6.45) is 0.